The van der Waals surface area contributed by atoms with Gasteiger partial charge in [0.25, 0.3) is 0 Å². The Morgan fingerprint density at radius 3 is 3.11 bits per heavy atom. The lowest BCUT2D eigenvalue weighted by atomic mass is 10.2. The van der Waals surface area contributed by atoms with E-state index in [4.69, 9.17) is 16.3 Å². The highest BCUT2D eigenvalue weighted by Gasteiger charge is 2.20. The van der Waals surface area contributed by atoms with E-state index in [1.165, 1.54) is 6.07 Å². The maximum absolute atomic E-state index is 13.8. The Morgan fingerprint density at radius 1 is 1.44 bits per heavy atom. The van der Waals surface area contributed by atoms with Gasteiger partial charge in [0.2, 0.25) is 0 Å². The molecule has 3 rings (SSSR count). The summed E-state index contributed by atoms with van der Waals surface area (Å²) in [4.78, 5) is 4.18. The molecular formula is C12H7BrClFN2O. The predicted octanol–water partition coefficient (Wildman–Crippen LogP) is 4.27. The second-order valence-corrected chi connectivity index (χ2v) is 5.12. The fraction of sp³-hybridized carbons (Fsp3) is 0.0833. The summed E-state index contributed by atoms with van der Waals surface area (Å²) in [5.41, 5.74) is 1.24. The molecule has 1 aliphatic heterocycles. The minimum Gasteiger partial charge on any atom is -0.483 e. The summed E-state index contributed by atoms with van der Waals surface area (Å²) in [6, 6.07) is 4.76. The molecule has 0 unspecified atom stereocenters. The first-order chi connectivity index (χ1) is 8.65. The van der Waals surface area contributed by atoms with Crippen molar-refractivity contribution in [1.82, 2.24) is 4.98 Å². The van der Waals surface area contributed by atoms with Crippen LogP contribution in [-0.2, 0) is 6.61 Å². The monoisotopic (exact) mass is 328 g/mol. The second-order valence-electron chi connectivity index (χ2n) is 3.80. The summed E-state index contributed by atoms with van der Waals surface area (Å²) in [6.07, 6.45) is 1.59. The van der Waals surface area contributed by atoms with E-state index in [1.807, 2.05) is 0 Å². The average Bonchev–Trinajstić information content (AvgIpc) is 2.48. The van der Waals surface area contributed by atoms with Gasteiger partial charge in [-0.05, 0) is 18.2 Å². The Labute approximate surface area is 116 Å². The van der Waals surface area contributed by atoms with E-state index in [0.717, 1.165) is 0 Å². The number of ether oxygens (including phenoxy) is 1. The van der Waals surface area contributed by atoms with Gasteiger partial charge < -0.3 is 10.1 Å². The van der Waals surface area contributed by atoms with Crippen LogP contribution in [0.25, 0.3) is 0 Å². The largest absolute Gasteiger partial charge is 0.483 e. The van der Waals surface area contributed by atoms with Crippen LogP contribution in [0.3, 0.4) is 0 Å². The van der Waals surface area contributed by atoms with Crippen molar-refractivity contribution in [3.63, 3.8) is 0 Å². The first-order valence-corrected chi connectivity index (χ1v) is 6.34. The number of aromatic nitrogens is 1. The summed E-state index contributed by atoms with van der Waals surface area (Å²) in [5.74, 6) is 0.321. The minimum atomic E-state index is -0.434. The zero-order valence-electron chi connectivity index (χ0n) is 9.01. The summed E-state index contributed by atoms with van der Waals surface area (Å²) >= 11 is 9.30. The Bertz CT molecular complexity index is 636. The fourth-order valence-electron chi connectivity index (χ4n) is 1.79. The van der Waals surface area contributed by atoms with E-state index in [9.17, 15) is 4.39 Å². The van der Waals surface area contributed by atoms with Crippen molar-refractivity contribution in [3.8, 4) is 5.75 Å². The van der Waals surface area contributed by atoms with Crippen LogP contribution in [0.15, 0.2) is 28.9 Å². The Balaban J connectivity index is 2.15. The van der Waals surface area contributed by atoms with Crippen LogP contribution in [-0.4, -0.2) is 4.98 Å². The molecule has 0 amide bonds. The molecule has 0 radical (unpaired) electrons. The lowest BCUT2D eigenvalue weighted by Crippen LogP contribution is -1.97. The van der Waals surface area contributed by atoms with Gasteiger partial charge in [0.05, 0.1) is 16.3 Å². The molecule has 0 saturated heterocycles. The maximum Gasteiger partial charge on any atom is 0.178 e. The molecule has 0 bridgehead atoms. The zero-order chi connectivity index (χ0) is 12.7. The molecule has 0 saturated carbocycles. The van der Waals surface area contributed by atoms with Crippen LogP contribution in [0.1, 0.15) is 5.56 Å². The molecule has 0 spiro atoms. The summed E-state index contributed by atoms with van der Waals surface area (Å²) < 4.78 is 19.9. The maximum atomic E-state index is 13.8. The molecule has 2 aromatic rings. The normalized spacial score (nSPS) is 12.8. The molecule has 18 heavy (non-hydrogen) atoms. The van der Waals surface area contributed by atoms with Gasteiger partial charge in [0, 0.05) is 10.7 Å². The van der Waals surface area contributed by atoms with Crippen molar-refractivity contribution in [2.75, 3.05) is 5.32 Å². The van der Waals surface area contributed by atoms with E-state index in [0.29, 0.717) is 26.6 Å². The van der Waals surface area contributed by atoms with Crippen LogP contribution in [0.2, 0.25) is 5.02 Å². The van der Waals surface area contributed by atoms with Gasteiger partial charge in [0.1, 0.15) is 12.4 Å². The number of benzene rings is 1. The molecule has 3 nitrogen and oxygen atoms in total. The molecule has 0 fully saturated rings. The van der Waals surface area contributed by atoms with Gasteiger partial charge in [-0.15, -0.1) is 0 Å². The first-order valence-electron chi connectivity index (χ1n) is 5.17. The van der Waals surface area contributed by atoms with Crippen LogP contribution in [0.4, 0.5) is 15.9 Å². The van der Waals surface area contributed by atoms with Crippen molar-refractivity contribution in [3.05, 3.63) is 45.3 Å². The highest BCUT2D eigenvalue weighted by molar-refractivity contribution is 9.10. The number of hydrogen-bond donors (Lipinski definition) is 1. The van der Waals surface area contributed by atoms with E-state index in [2.05, 4.69) is 26.2 Å². The number of anilines is 2. The molecular weight excluding hydrogens is 323 g/mol. The van der Waals surface area contributed by atoms with E-state index in [-0.39, 0.29) is 12.4 Å². The molecule has 92 valence electrons. The number of pyridine rings is 1. The molecule has 0 atom stereocenters. The Kier molecular flexibility index (Phi) is 2.87. The van der Waals surface area contributed by atoms with E-state index >= 15 is 0 Å². The molecule has 1 N–H and O–H groups in total. The average molecular weight is 330 g/mol. The van der Waals surface area contributed by atoms with Crippen molar-refractivity contribution >= 4 is 39.0 Å². The molecule has 0 aliphatic carbocycles. The molecule has 6 heteroatoms. The quantitative estimate of drug-likeness (QED) is 0.783. The molecule has 2 heterocycles. The summed E-state index contributed by atoms with van der Waals surface area (Å²) in [7, 11) is 0. The first kappa shape index (κ1) is 11.7. The highest BCUT2D eigenvalue weighted by atomic mass is 79.9. The minimum absolute atomic E-state index is 0.173. The topological polar surface area (TPSA) is 34.1 Å². The summed E-state index contributed by atoms with van der Waals surface area (Å²) in [5, 5.41) is 3.58. The Morgan fingerprint density at radius 2 is 2.28 bits per heavy atom. The van der Waals surface area contributed by atoms with Gasteiger partial charge in [-0.25, -0.2) is 9.37 Å². The van der Waals surface area contributed by atoms with E-state index < -0.39 is 5.82 Å². The molecule has 1 aromatic carbocycles. The van der Waals surface area contributed by atoms with Gasteiger partial charge in [-0.2, -0.15) is 0 Å². The van der Waals surface area contributed by atoms with Crippen LogP contribution in [0, 0.1) is 5.82 Å². The second kappa shape index (κ2) is 4.40. The smallest absolute Gasteiger partial charge is 0.178 e. The number of nitrogens with one attached hydrogen (secondary N) is 1. The molecule has 1 aliphatic rings. The van der Waals surface area contributed by atoms with Crippen LogP contribution >= 0.6 is 27.5 Å². The van der Waals surface area contributed by atoms with Gasteiger partial charge in [-0.3, -0.25) is 0 Å². The lowest BCUT2D eigenvalue weighted by Gasteiger charge is -2.08. The fourth-order valence-corrected chi connectivity index (χ4v) is 2.42. The van der Waals surface area contributed by atoms with Crippen molar-refractivity contribution in [1.29, 1.82) is 0 Å². The third kappa shape index (κ3) is 1.93. The zero-order valence-corrected chi connectivity index (χ0v) is 11.3. The SMILES string of the molecule is Fc1cc(Br)cc2c1OCc1c(Cl)ccnc1N2. The van der Waals surface area contributed by atoms with Crippen molar-refractivity contribution in [2.45, 2.75) is 6.61 Å². The van der Waals surface area contributed by atoms with Gasteiger partial charge in [0.15, 0.2) is 11.6 Å². The number of nitrogens with zero attached hydrogens (tertiary/aromatic N) is 1. The predicted molar refractivity (Wildman–Crippen MR) is 71.0 cm³/mol. The van der Waals surface area contributed by atoms with Gasteiger partial charge in [-0.1, -0.05) is 27.5 Å². The number of fused-ring (bicyclic) bond motifs is 2. The summed E-state index contributed by atoms with van der Waals surface area (Å²) in [6.45, 7) is 0.181. The third-order valence-corrected chi connectivity index (χ3v) is 3.43. The molecule has 1 aromatic heterocycles. The van der Waals surface area contributed by atoms with E-state index in [1.54, 1.807) is 18.3 Å². The van der Waals surface area contributed by atoms with Crippen LogP contribution in [0.5, 0.6) is 5.75 Å². The van der Waals surface area contributed by atoms with Gasteiger partial charge >= 0.3 is 0 Å². The highest BCUT2D eigenvalue weighted by Crippen LogP contribution is 2.38. The van der Waals surface area contributed by atoms with Crippen molar-refractivity contribution in [2.24, 2.45) is 0 Å². The Hall–Kier alpha value is -1.33. The van der Waals surface area contributed by atoms with Crippen LogP contribution < -0.4 is 10.1 Å². The number of hydrogen-bond acceptors (Lipinski definition) is 3. The number of rotatable bonds is 0. The lowest BCUT2D eigenvalue weighted by molar-refractivity contribution is 0.294. The number of halogens is 3. The third-order valence-electron chi connectivity index (χ3n) is 2.62. The van der Waals surface area contributed by atoms with Crippen molar-refractivity contribution < 1.29 is 9.13 Å². The standard InChI is InChI=1S/C12H7BrClFN2O/c13-6-3-9(15)11-10(4-6)17-12-7(5-18-11)8(14)1-2-16-12/h1-4H,5H2,(H,16,17).